The zero-order valence-corrected chi connectivity index (χ0v) is 15.3. The molecule has 2 atom stereocenters. The topological polar surface area (TPSA) is 47.2 Å². The van der Waals surface area contributed by atoms with Crippen molar-refractivity contribution in [1.29, 1.82) is 0 Å². The summed E-state index contributed by atoms with van der Waals surface area (Å²) in [6.45, 7) is 2.93. The van der Waals surface area contributed by atoms with E-state index in [1.165, 1.54) is 10.9 Å². The third-order valence-corrected chi connectivity index (χ3v) is 6.08. The molecule has 27 heavy (non-hydrogen) atoms. The Bertz CT molecular complexity index is 1060. The van der Waals surface area contributed by atoms with Crippen LogP contribution in [0.5, 0.6) is 0 Å². The first-order chi connectivity index (χ1) is 13.2. The molecule has 0 unspecified atom stereocenters. The van der Waals surface area contributed by atoms with Gasteiger partial charge in [0.1, 0.15) is 0 Å². The summed E-state index contributed by atoms with van der Waals surface area (Å²) >= 11 is 0. The zero-order chi connectivity index (χ0) is 18.4. The Balaban J connectivity index is 1.30. The lowest BCUT2D eigenvalue weighted by Gasteiger charge is -2.42. The van der Waals surface area contributed by atoms with E-state index in [1.807, 2.05) is 33.7 Å². The highest BCUT2D eigenvalue weighted by atomic mass is 16.2. The second kappa shape index (κ2) is 6.41. The minimum atomic E-state index is 0.0847. The largest absolute Gasteiger partial charge is 0.347 e. The predicted molar refractivity (Wildman–Crippen MR) is 105 cm³/mol. The van der Waals surface area contributed by atoms with Crippen LogP contribution in [-0.2, 0) is 17.9 Å². The molecule has 1 saturated heterocycles. The zero-order valence-electron chi connectivity index (χ0n) is 15.3. The SMILES string of the molecule is O=C(CCn1ccc2ccccc21)N1C[C@H]2C[C@@H](C1)c1cccc(=O)n1C2. The standard InChI is InChI=1S/C22H23N3O2/c26-21(9-11-23-10-8-17-4-1-2-5-19(17)23)24-13-16-12-18(15-24)20-6-3-7-22(27)25(20)14-16/h1-8,10,16,18H,9,11-15H2/t16-,18+/m1/s1. The number of nitrogens with zero attached hydrogens (tertiary/aromatic N) is 3. The van der Waals surface area contributed by atoms with E-state index in [2.05, 4.69) is 29.0 Å². The molecule has 4 heterocycles. The first-order valence-electron chi connectivity index (χ1n) is 9.70. The molecule has 138 valence electrons. The van der Waals surface area contributed by atoms with Crippen molar-refractivity contribution in [3.63, 3.8) is 0 Å². The van der Waals surface area contributed by atoms with Gasteiger partial charge in [-0.05, 0) is 35.9 Å². The molecule has 0 saturated carbocycles. The van der Waals surface area contributed by atoms with Gasteiger partial charge in [-0.3, -0.25) is 9.59 Å². The monoisotopic (exact) mass is 361 g/mol. The smallest absolute Gasteiger partial charge is 0.250 e. The van der Waals surface area contributed by atoms with Gasteiger partial charge in [0.2, 0.25) is 5.91 Å². The number of amides is 1. The van der Waals surface area contributed by atoms with Crippen molar-refractivity contribution < 1.29 is 4.79 Å². The minimum Gasteiger partial charge on any atom is -0.347 e. The van der Waals surface area contributed by atoms with Crippen LogP contribution in [0.2, 0.25) is 0 Å². The first kappa shape index (κ1) is 16.4. The van der Waals surface area contributed by atoms with Gasteiger partial charge in [0, 0.05) is 62.0 Å². The second-order valence-corrected chi connectivity index (χ2v) is 7.81. The minimum absolute atomic E-state index is 0.0847. The number of hydrogen-bond donors (Lipinski definition) is 0. The van der Waals surface area contributed by atoms with Crippen LogP contribution in [0.4, 0.5) is 0 Å². The maximum atomic E-state index is 12.9. The molecule has 5 heteroatoms. The number of aryl methyl sites for hydroxylation is 1. The third kappa shape index (κ3) is 2.87. The Morgan fingerprint density at radius 3 is 2.81 bits per heavy atom. The summed E-state index contributed by atoms with van der Waals surface area (Å²) in [7, 11) is 0. The van der Waals surface area contributed by atoms with Crippen LogP contribution in [0.25, 0.3) is 10.9 Å². The average molecular weight is 361 g/mol. The Morgan fingerprint density at radius 1 is 1.00 bits per heavy atom. The summed E-state index contributed by atoms with van der Waals surface area (Å²) in [6, 6.07) is 15.9. The van der Waals surface area contributed by atoms with Gasteiger partial charge in [-0.1, -0.05) is 24.3 Å². The molecular weight excluding hydrogens is 338 g/mol. The van der Waals surface area contributed by atoms with Crippen LogP contribution in [0.1, 0.15) is 24.5 Å². The Morgan fingerprint density at radius 2 is 1.89 bits per heavy atom. The van der Waals surface area contributed by atoms with E-state index in [0.717, 1.165) is 31.7 Å². The number of carbonyl (C=O) groups is 1. The van der Waals surface area contributed by atoms with Crippen molar-refractivity contribution in [2.75, 3.05) is 13.1 Å². The van der Waals surface area contributed by atoms with Crippen LogP contribution in [-0.4, -0.2) is 33.0 Å². The van der Waals surface area contributed by atoms with Crippen molar-refractivity contribution in [2.24, 2.45) is 5.92 Å². The van der Waals surface area contributed by atoms with Gasteiger partial charge in [-0.25, -0.2) is 0 Å². The fourth-order valence-electron chi connectivity index (χ4n) is 4.81. The van der Waals surface area contributed by atoms with E-state index >= 15 is 0 Å². The van der Waals surface area contributed by atoms with E-state index in [1.54, 1.807) is 6.07 Å². The number of likely N-dealkylation sites (tertiary alicyclic amines) is 1. The van der Waals surface area contributed by atoms with Gasteiger partial charge in [0.25, 0.3) is 5.56 Å². The molecule has 2 aromatic heterocycles. The number of benzene rings is 1. The molecule has 1 amide bonds. The molecule has 1 fully saturated rings. The quantitative estimate of drug-likeness (QED) is 0.720. The molecule has 0 spiro atoms. The number of rotatable bonds is 3. The third-order valence-electron chi connectivity index (χ3n) is 6.08. The van der Waals surface area contributed by atoms with E-state index in [-0.39, 0.29) is 17.4 Å². The number of piperidine rings is 1. The van der Waals surface area contributed by atoms with Gasteiger partial charge in [-0.15, -0.1) is 0 Å². The van der Waals surface area contributed by atoms with E-state index < -0.39 is 0 Å². The maximum absolute atomic E-state index is 12.9. The molecule has 0 radical (unpaired) electrons. The van der Waals surface area contributed by atoms with E-state index in [9.17, 15) is 9.59 Å². The number of hydrogen-bond acceptors (Lipinski definition) is 2. The Hall–Kier alpha value is -2.82. The lowest BCUT2D eigenvalue weighted by molar-refractivity contribution is -0.134. The predicted octanol–water partition coefficient (Wildman–Crippen LogP) is 2.84. The Kier molecular flexibility index (Phi) is 3.88. The maximum Gasteiger partial charge on any atom is 0.250 e. The molecule has 0 aliphatic carbocycles. The first-order valence-corrected chi connectivity index (χ1v) is 9.70. The average Bonchev–Trinajstić information content (AvgIpc) is 3.10. The fourth-order valence-corrected chi connectivity index (χ4v) is 4.81. The molecule has 5 nitrogen and oxygen atoms in total. The van der Waals surface area contributed by atoms with Gasteiger partial charge < -0.3 is 14.0 Å². The number of aromatic nitrogens is 2. The van der Waals surface area contributed by atoms with Crippen molar-refractivity contribution in [2.45, 2.75) is 31.8 Å². The van der Waals surface area contributed by atoms with Crippen LogP contribution in [0.3, 0.4) is 0 Å². The molecule has 2 aliphatic rings. The summed E-state index contributed by atoms with van der Waals surface area (Å²) in [5, 5.41) is 1.21. The van der Waals surface area contributed by atoms with Gasteiger partial charge in [0.15, 0.2) is 0 Å². The number of carbonyl (C=O) groups excluding carboxylic acids is 1. The molecule has 5 rings (SSSR count). The van der Waals surface area contributed by atoms with Crippen LogP contribution in [0, 0.1) is 5.92 Å². The molecule has 2 aliphatic heterocycles. The van der Waals surface area contributed by atoms with Gasteiger partial charge >= 0.3 is 0 Å². The highest BCUT2D eigenvalue weighted by Crippen LogP contribution is 2.35. The normalized spacial score (nSPS) is 21.3. The lowest BCUT2D eigenvalue weighted by atomic mass is 9.83. The van der Waals surface area contributed by atoms with Crippen molar-refractivity contribution in [3.8, 4) is 0 Å². The molecule has 0 N–H and O–H groups in total. The number of pyridine rings is 1. The van der Waals surface area contributed by atoms with Crippen LogP contribution in [0.15, 0.2) is 59.5 Å². The van der Waals surface area contributed by atoms with E-state index in [4.69, 9.17) is 0 Å². The highest BCUT2D eigenvalue weighted by Gasteiger charge is 2.35. The number of fused-ring (bicyclic) bond motifs is 5. The van der Waals surface area contributed by atoms with E-state index in [0.29, 0.717) is 18.9 Å². The molecule has 3 aromatic rings. The second-order valence-electron chi connectivity index (χ2n) is 7.81. The van der Waals surface area contributed by atoms with Gasteiger partial charge in [0.05, 0.1) is 0 Å². The van der Waals surface area contributed by atoms with Crippen LogP contribution >= 0.6 is 0 Å². The molecule has 1 aromatic carbocycles. The Labute approximate surface area is 157 Å². The van der Waals surface area contributed by atoms with Crippen molar-refractivity contribution in [1.82, 2.24) is 14.0 Å². The van der Waals surface area contributed by atoms with Crippen molar-refractivity contribution in [3.05, 3.63) is 70.8 Å². The summed E-state index contributed by atoms with van der Waals surface area (Å²) in [5.74, 6) is 0.879. The fraction of sp³-hybridized carbons (Fsp3) is 0.364. The number of para-hydroxylation sites is 1. The molecule has 2 bridgehead atoms. The van der Waals surface area contributed by atoms with Gasteiger partial charge in [-0.2, -0.15) is 0 Å². The van der Waals surface area contributed by atoms with Crippen LogP contribution < -0.4 is 5.56 Å². The van der Waals surface area contributed by atoms with Crippen molar-refractivity contribution >= 4 is 16.8 Å². The summed E-state index contributed by atoms with van der Waals surface area (Å²) in [5.41, 5.74) is 2.35. The molecular formula is C22H23N3O2. The highest BCUT2D eigenvalue weighted by molar-refractivity contribution is 5.80. The summed E-state index contributed by atoms with van der Waals surface area (Å²) in [6.07, 6.45) is 3.65. The lowest BCUT2D eigenvalue weighted by Crippen LogP contribution is -2.49. The summed E-state index contributed by atoms with van der Waals surface area (Å²) in [4.78, 5) is 27.0. The summed E-state index contributed by atoms with van der Waals surface area (Å²) < 4.78 is 4.07.